The van der Waals surface area contributed by atoms with Gasteiger partial charge < -0.3 is 10.6 Å². The molecule has 0 heterocycles. The molecule has 0 aliphatic carbocycles. The van der Waals surface area contributed by atoms with E-state index in [0.29, 0.717) is 11.4 Å². The second-order valence-corrected chi connectivity index (χ2v) is 7.52. The van der Waals surface area contributed by atoms with Crippen LogP contribution in [0.3, 0.4) is 0 Å². The fourth-order valence-electron chi connectivity index (χ4n) is 2.01. The predicted molar refractivity (Wildman–Crippen MR) is 93.3 cm³/mol. The molecule has 0 radical (unpaired) electrons. The van der Waals surface area contributed by atoms with Crippen molar-refractivity contribution in [3.05, 3.63) is 53.1 Å². The molecule has 6 nitrogen and oxygen atoms in total. The zero-order valence-electron chi connectivity index (χ0n) is 13.0. The van der Waals surface area contributed by atoms with E-state index in [9.17, 15) is 18.0 Å². The highest BCUT2D eigenvalue weighted by Crippen LogP contribution is 2.23. The molecule has 2 amide bonds. The largest absolute Gasteiger partial charge is 0.326 e. The van der Waals surface area contributed by atoms with Gasteiger partial charge in [0, 0.05) is 30.1 Å². The van der Waals surface area contributed by atoms with Crippen LogP contribution < -0.4 is 10.6 Å². The van der Waals surface area contributed by atoms with Crippen LogP contribution in [0.4, 0.5) is 11.4 Å². The van der Waals surface area contributed by atoms with Crippen LogP contribution >= 0.6 is 11.6 Å². The molecule has 0 aliphatic heterocycles. The summed E-state index contributed by atoms with van der Waals surface area (Å²) in [6, 6.07) is 10.6. The lowest BCUT2D eigenvalue weighted by Crippen LogP contribution is -2.13. The Hall–Kier alpha value is -2.38. The van der Waals surface area contributed by atoms with Gasteiger partial charge in [0.25, 0.3) is 5.91 Å². The van der Waals surface area contributed by atoms with Crippen molar-refractivity contribution in [2.24, 2.45) is 0 Å². The maximum Gasteiger partial charge on any atom is 0.255 e. The quantitative estimate of drug-likeness (QED) is 0.870. The molecule has 0 saturated carbocycles. The highest BCUT2D eigenvalue weighted by atomic mass is 35.5. The fraction of sp³-hybridized carbons (Fsp3) is 0.125. The van der Waals surface area contributed by atoms with Crippen molar-refractivity contribution >= 4 is 44.6 Å². The van der Waals surface area contributed by atoms with E-state index in [1.807, 2.05) is 0 Å². The second-order valence-electron chi connectivity index (χ2n) is 5.13. The molecule has 2 rings (SSSR count). The number of carbonyl (C=O) groups excluding carboxylic acids is 2. The molecule has 2 aromatic rings. The Balaban J connectivity index is 2.26. The molecule has 24 heavy (non-hydrogen) atoms. The summed E-state index contributed by atoms with van der Waals surface area (Å²) in [6.07, 6.45) is 1.02. The third-order valence-corrected chi connectivity index (χ3v) is 4.61. The van der Waals surface area contributed by atoms with Gasteiger partial charge in [-0.3, -0.25) is 9.59 Å². The van der Waals surface area contributed by atoms with Crippen LogP contribution in [0.2, 0.25) is 5.02 Å². The Labute approximate surface area is 144 Å². The van der Waals surface area contributed by atoms with Crippen molar-refractivity contribution in [2.75, 3.05) is 16.9 Å². The molecule has 0 aliphatic rings. The average molecular weight is 367 g/mol. The maximum absolute atomic E-state index is 12.3. The van der Waals surface area contributed by atoms with Crippen LogP contribution in [0.1, 0.15) is 17.3 Å². The van der Waals surface area contributed by atoms with Gasteiger partial charge in [-0.2, -0.15) is 0 Å². The van der Waals surface area contributed by atoms with Gasteiger partial charge in [0.2, 0.25) is 5.91 Å². The fourth-order valence-corrected chi connectivity index (χ4v) is 3.31. The van der Waals surface area contributed by atoms with E-state index in [0.717, 1.165) is 6.26 Å². The molecule has 0 spiro atoms. The number of benzene rings is 2. The highest BCUT2D eigenvalue weighted by Gasteiger charge is 2.16. The third kappa shape index (κ3) is 4.56. The zero-order chi connectivity index (χ0) is 17.9. The average Bonchev–Trinajstić information content (AvgIpc) is 2.46. The summed E-state index contributed by atoms with van der Waals surface area (Å²) in [7, 11) is -3.54. The van der Waals surface area contributed by atoms with Crippen molar-refractivity contribution in [1.82, 2.24) is 0 Å². The number of carbonyl (C=O) groups is 2. The first-order valence-electron chi connectivity index (χ1n) is 6.85. The Morgan fingerprint density at radius 1 is 1.00 bits per heavy atom. The van der Waals surface area contributed by atoms with Gasteiger partial charge in [0.1, 0.15) is 0 Å². The van der Waals surface area contributed by atoms with Crippen molar-refractivity contribution < 1.29 is 18.0 Å². The number of hydrogen-bond acceptors (Lipinski definition) is 4. The van der Waals surface area contributed by atoms with Gasteiger partial charge in [-0.15, -0.1) is 0 Å². The SMILES string of the molecule is CC(=O)Nc1cccc(NC(=O)c2ccc(Cl)c(S(C)(=O)=O)c2)c1. The highest BCUT2D eigenvalue weighted by molar-refractivity contribution is 7.90. The summed E-state index contributed by atoms with van der Waals surface area (Å²) in [5, 5.41) is 5.31. The first kappa shape index (κ1) is 18.0. The minimum Gasteiger partial charge on any atom is -0.326 e. The van der Waals surface area contributed by atoms with Crippen LogP contribution in [0.15, 0.2) is 47.4 Å². The van der Waals surface area contributed by atoms with E-state index in [1.165, 1.54) is 25.1 Å². The lowest BCUT2D eigenvalue weighted by Gasteiger charge is -2.09. The van der Waals surface area contributed by atoms with E-state index in [1.54, 1.807) is 24.3 Å². The number of hydrogen-bond donors (Lipinski definition) is 2. The molecule has 126 valence electrons. The topological polar surface area (TPSA) is 92.3 Å². The Morgan fingerprint density at radius 3 is 2.21 bits per heavy atom. The minimum absolute atomic E-state index is 0.0571. The maximum atomic E-state index is 12.3. The molecular weight excluding hydrogens is 352 g/mol. The summed E-state index contributed by atoms with van der Waals surface area (Å²) < 4.78 is 23.4. The smallest absolute Gasteiger partial charge is 0.255 e. The summed E-state index contributed by atoms with van der Waals surface area (Å²) >= 11 is 5.86. The summed E-state index contributed by atoms with van der Waals surface area (Å²) in [6.45, 7) is 1.38. The molecule has 2 aromatic carbocycles. The molecule has 0 atom stereocenters. The number of nitrogens with one attached hydrogen (secondary N) is 2. The van der Waals surface area contributed by atoms with Crippen LogP contribution in [0.25, 0.3) is 0 Å². The lowest BCUT2D eigenvalue weighted by molar-refractivity contribution is -0.114. The van der Waals surface area contributed by atoms with Gasteiger partial charge in [-0.1, -0.05) is 17.7 Å². The normalized spacial score (nSPS) is 11.0. The van der Waals surface area contributed by atoms with Crippen molar-refractivity contribution in [2.45, 2.75) is 11.8 Å². The summed E-state index contributed by atoms with van der Waals surface area (Å²) in [4.78, 5) is 23.3. The van der Waals surface area contributed by atoms with Crippen molar-refractivity contribution in [3.63, 3.8) is 0 Å². The molecule has 2 N–H and O–H groups in total. The monoisotopic (exact) mass is 366 g/mol. The van der Waals surface area contributed by atoms with Crippen LogP contribution in [0.5, 0.6) is 0 Å². The second kappa shape index (κ2) is 7.02. The van der Waals surface area contributed by atoms with Crippen LogP contribution in [-0.4, -0.2) is 26.5 Å². The van der Waals surface area contributed by atoms with Crippen molar-refractivity contribution in [1.29, 1.82) is 0 Å². The van der Waals surface area contributed by atoms with Crippen LogP contribution in [-0.2, 0) is 14.6 Å². The molecule has 8 heteroatoms. The lowest BCUT2D eigenvalue weighted by atomic mass is 10.2. The van der Waals surface area contributed by atoms with Crippen LogP contribution in [0, 0.1) is 0 Å². The third-order valence-electron chi connectivity index (χ3n) is 3.03. The van der Waals surface area contributed by atoms with E-state index >= 15 is 0 Å². The summed E-state index contributed by atoms with van der Waals surface area (Å²) in [5.74, 6) is -0.717. The van der Waals surface area contributed by atoms with E-state index in [2.05, 4.69) is 10.6 Å². The van der Waals surface area contributed by atoms with Gasteiger partial charge >= 0.3 is 0 Å². The minimum atomic E-state index is -3.54. The zero-order valence-corrected chi connectivity index (χ0v) is 14.5. The number of anilines is 2. The number of sulfone groups is 1. The molecule has 0 bridgehead atoms. The standard InChI is InChI=1S/C16H15ClN2O4S/c1-10(20)18-12-4-3-5-13(9-12)19-16(21)11-6-7-14(17)15(8-11)24(2,22)23/h3-9H,1-2H3,(H,18,20)(H,19,21). The number of halogens is 1. The predicted octanol–water partition coefficient (Wildman–Crippen LogP) is 2.95. The van der Waals surface area contributed by atoms with Crippen molar-refractivity contribution in [3.8, 4) is 0 Å². The van der Waals surface area contributed by atoms with Gasteiger partial charge in [-0.05, 0) is 36.4 Å². The van der Waals surface area contributed by atoms with Gasteiger partial charge in [0.05, 0.1) is 9.92 Å². The van der Waals surface area contributed by atoms with E-state index in [-0.39, 0.29) is 21.4 Å². The molecule has 0 unspecified atom stereocenters. The van der Waals surface area contributed by atoms with E-state index in [4.69, 9.17) is 11.6 Å². The molecule has 0 fully saturated rings. The van der Waals surface area contributed by atoms with Gasteiger partial charge in [0.15, 0.2) is 9.84 Å². The van der Waals surface area contributed by atoms with E-state index < -0.39 is 15.7 Å². The Bertz CT molecular complexity index is 910. The molecule has 0 aromatic heterocycles. The summed E-state index contributed by atoms with van der Waals surface area (Å²) in [5.41, 5.74) is 1.15. The first-order valence-corrected chi connectivity index (χ1v) is 9.12. The Kier molecular flexibility index (Phi) is 5.26. The van der Waals surface area contributed by atoms with Gasteiger partial charge in [-0.25, -0.2) is 8.42 Å². The first-order chi connectivity index (χ1) is 11.2. The Morgan fingerprint density at radius 2 is 1.62 bits per heavy atom. The number of rotatable bonds is 4. The molecule has 0 saturated heterocycles. The molecular formula is C16H15ClN2O4S. The number of amides is 2.